The number of aliphatic hydroxyl groups is 1. The molecule has 0 bridgehead atoms. The highest BCUT2D eigenvalue weighted by molar-refractivity contribution is 5.96. The molecule has 0 unspecified atom stereocenters. The van der Waals surface area contributed by atoms with Gasteiger partial charge in [0.15, 0.2) is 5.82 Å². The van der Waals surface area contributed by atoms with Gasteiger partial charge in [-0.15, -0.1) is 0 Å². The molecule has 3 aromatic rings. The summed E-state index contributed by atoms with van der Waals surface area (Å²) in [5, 5.41) is 22.8. The quantitative estimate of drug-likeness (QED) is 0.391. The second kappa shape index (κ2) is 9.34. The summed E-state index contributed by atoms with van der Waals surface area (Å²) >= 11 is 0. The molecule has 1 aliphatic heterocycles. The Bertz CT molecular complexity index is 1180. The minimum Gasteiger partial charge on any atom is -0.396 e. The third kappa shape index (κ3) is 4.43. The molecule has 178 valence electrons. The number of aryl methyl sites for hydroxylation is 1. The highest BCUT2D eigenvalue weighted by atomic mass is 19.1. The molecule has 3 aromatic heterocycles. The van der Waals surface area contributed by atoms with Crippen LogP contribution in [0.1, 0.15) is 49.1 Å². The summed E-state index contributed by atoms with van der Waals surface area (Å²) in [5.41, 5.74) is 3.34. The molecule has 0 spiro atoms. The van der Waals surface area contributed by atoms with Gasteiger partial charge in [0.2, 0.25) is 17.8 Å². The Morgan fingerprint density at radius 1 is 1.32 bits per heavy atom. The van der Waals surface area contributed by atoms with Gasteiger partial charge >= 0.3 is 0 Å². The molecule has 1 amide bonds. The van der Waals surface area contributed by atoms with Crippen molar-refractivity contribution in [1.82, 2.24) is 25.1 Å². The van der Waals surface area contributed by atoms with Crippen molar-refractivity contribution in [3.05, 3.63) is 47.3 Å². The van der Waals surface area contributed by atoms with E-state index in [-0.39, 0.29) is 18.4 Å². The fourth-order valence-corrected chi connectivity index (χ4v) is 4.48. The lowest BCUT2D eigenvalue weighted by molar-refractivity contribution is -0.117. The molecule has 0 saturated carbocycles. The molecule has 1 saturated heterocycles. The summed E-state index contributed by atoms with van der Waals surface area (Å²) in [6.07, 6.45) is 5.55. The second-order valence-corrected chi connectivity index (χ2v) is 8.78. The van der Waals surface area contributed by atoms with Gasteiger partial charge in [-0.2, -0.15) is 14.5 Å². The number of rotatable bonds is 7. The van der Waals surface area contributed by atoms with Crippen LogP contribution in [0.5, 0.6) is 0 Å². The third-order valence-corrected chi connectivity index (χ3v) is 6.38. The normalized spacial score (nSPS) is 18.1. The number of halogens is 1. The molecule has 4 N–H and O–H groups in total. The van der Waals surface area contributed by atoms with Crippen LogP contribution in [0.25, 0.3) is 0 Å². The lowest BCUT2D eigenvalue weighted by atomic mass is 10.1. The summed E-state index contributed by atoms with van der Waals surface area (Å²) in [5.74, 6) is 0.989. The molecule has 1 aliphatic carbocycles. The topological polar surface area (TPSA) is 132 Å². The van der Waals surface area contributed by atoms with Crippen LogP contribution < -0.4 is 15.5 Å². The molecular weight excluding hydrogens is 439 g/mol. The van der Waals surface area contributed by atoms with Crippen LogP contribution in [0.2, 0.25) is 0 Å². The molecular formula is C23H27FN8O2. The van der Waals surface area contributed by atoms with E-state index in [9.17, 15) is 14.3 Å². The fourth-order valence-electron chi connectivity index (χ4n) is 4.48. The SMILES string of the molecule is C[C@@H](CO)c1cc(Nc2nc(N3CCC[C@H]3C(=O)Nc3ccc(F)nc3)nc3c2CCC3)n[nH]1. The lowest BCUT2D eigenvalue weighted by Crippen LogP contribution is -2.40. The minimum atomic E-state index is -0.595. The van der Waals surface area contributed by atoms with Gasteiger partial charge in [0.1, 0.15) is 11.9 Å². The number of hydrogen-bond acceptors (Lipinski definition) is 8. The zero-order chi connectivity index (χ0) is 23.7. The fraction of sp³-hybridized carbons (Fsp3) is 0.435. The van der Waals surface area contributed by atoms with Crippen LogP contribution in [0.4, 0.5) is 27.7 Å². The largest absolute Gasteiger partial charge is 0.396 e. The maximum absolute atomic E-state index is 13.1. The zero-order valence-electron chi connectivity index (χ0n) is 18.9. The number of aromatic nitrogens is 5. The monoisotopic (exact) mass is 466 g/mol. The first-order chi connectivity index (χ1) is 16.5. The van der Waals surface area contributed by atoms with Gasteiger partial charge < -0.3 is 20.6 Å². The van der Waals surface area contributed by atoms with E-state index in [1.807, 2.05) is 17.9 Å². The number of aliphatic hydroxyl groups excluding tert-OH is 1. The Labute approximate surface area is 196 Å². The Morgan fingerprint density at radius 2 is 2.21 bits per heavy atom. The van der Waals surface area contributed by atoms with Crippen molar-refractivity contribution < 1.29 is 14.3 Å². The van der Waals surface area contributed by atoms with Crippen LogP contribution >= 0.6 is 0 Å². The summed E-state index contributed by atoms with van der Waals surface area (Å²) in [6, 6.07) is 4.14. The van der Waals surface area contributed by atoms with E-state index >= 15 is 0 Å². The first kappa shape index (κ1) is 22.2. The van der Waals surface area contributed by atoms with Crippen molar-refractivity contribution >= 4 is 29.2 Å². The molecule has 1 fully saturated rings. The minimum absolute atomic E-state index is 0.0289. The Kier molecular flexibility index (Phi) is 6.10. The smallest absolute Gasteiger partial charge is 0.247 e. The number of nitrogens with zero attached hydrogens (tertiary/aromatic N) is 5. The third-order valence-electron chi connectivity index (χ3n) is 6.38. The number of carbonyl (C=O) groups excluding carboxylic acids is 1. The predicted molar refractivity (Wildman–Crippen MR) is 125 cm³/mol. The number of amides is 1. The van der Waals surface area contributed by atoms with E-state index in [4.69, 9.17) is 9.97 Å². The lowest BCUT2D eigenvalue weighted by Gasteiger charge is -2.25. The average molecular weight is 467 g/mol. The van der Waals surface area contributed by atoms with E-state index < -0.39 is 12.0 Å². The van der Waals surface area contributed by atoms with E-state index in [1.165, 1.54) is 18.3 Å². The number of anilines is 4. The molecule has 10 nitrogen and oxygen atoms in total. The first-order valence-electron chi connectivity index (χ1n) is 11.5. The van der Waals surface area contributed by atoms with E-state index in [2.05, 4.69) is 25.8 Å². The van der Waals surface area contributed by atoms with E-state index in [0.717, 1.165) is 42.6 Å². The number of fused-ring (bicyclic) bond motifs is 1. The molecule has 0 aromatic carbocycles. The van der Waals surface area contributed by atoms with Crippen LogP contribution in [0.15, 0.2) is 24.4 Å². The second-order valence-electron chi connectivity index (χ2n) is 8.78. The van der Waals surface area contributed by atoms with Crippen molar-refractivity contribution in [1.29, 1.82) is 0 Å². The van der Waals surface area contributed by atoms with Gasteiger partial charge in [-0.25, -0.2) is 9.97 Å². The number of nitrogens with one attached hydrogen (secondary N) is 3. The maximum Gasteiger partial charge on any atom is 0.247 e. The van der Waals surface area contributed by atoms with Gasteiger partial charge in [-0.3, -0.25) is 9.89 Å². The summed E-state index contributed by atoms with van der Waals surface area (Å²) < 4.78 is 13.1. The molecule has 11 heteroatoms. The van der Waals surface area contributed by atoms with Gasteiger partial charge in [0.25, 0.3) is 0 Å². The van der Waals surface area contributed by atoms with Gasteiger partial charge in [0.05, 0.1) is 24.2 Å². The zero-order valence-corrected chi connectivity index (χ0v) is 18.9. The van der Waals surface area contributed by atoms with Crippen molar-refractivity contribution in [3.8, 4) is 0 Å². The van der Waals surface area contributed by atoms with E-state index in [1.54, 1.807) is 0 Å². The summed E-state index contributed by atoms with van der Waals surface area (Å²) in [6.45, 7) is 2.61. The van der Waals surface area contributed by atoms with Gasteiger partial charge in [0, 0.05) is 29.8 Å². The average Bonchev–Trinajstić information content (AvgIpc) is 3.60. The van der Waals surface area contributed by atoms with Crippen molar-refractivity contribution in [3.63, 3.8) is 0 Å². The van der Waals surface area contributed by atoms with Gasteiger partial charge in [-0.05, 0) is 44.2 Å². The Hall–Kier alpha value is -3.60. The number of pyridine rings is 1. The molecule has 34 heavy (non-hydrogen) atoms. The summed E-state index contributed by atoms with van der Waals surface area (Å²) in [4.78, 5) is 28.1. The number of aromatic amines is 1. The maximum atomic E-state index is 13.1. The van der Waals surface area contributed by atoms with E-state index in [0.29, 0.717) is 36.2 Å². The van der Waals surface area contributed by atoms with Crippen molar-refractivity contribution in [2.45, 2.75) is 51.0 Å². The van der Waals surface area contributed by atoms with Gasteiger partial charge in [-0.1, -0.05) is 6.92 Å². The van der Waals surface area contributed by atoms with Crippen LogP contribution in [0, 0.1) is 5.95 Å². The highest BCUT2D eigenvalue weighted by Crippen LogP contribution is 2.33. The van der Waals surface area contributed by atoms with Crippen molar-refractivity contribution in [2.24, 2.45) is 0 Å². The first-order valence-corrected chi connectivity index (χ1v) is 11.5. The molecule has 4 heterocycles. The number of carbonyl (C=O) groups is 1. The molecule has 5 rings (SSSR count). The highest BCUT2D eigenvalue weighted by Gasteiger charge is 2.34. The summed E-state index contributed by atoms with van der Waals surface area (Å²) in [7, 11) is 0. The van der Waals surface area contributed by atoms with Crippen LogP contribution in [0.3, 0.4) is 0 Å². The van der Waals surface area contributed by atoms with Crippen molar-refractivity contribution in [2.75, 3.05) is 28.7 Å². The Balaban J connectivity index is 1.39. The van der Waals surface area contributed by atoms with Crippen LogP contribution in [-0.2, 0) is 17.6 Å². The number of H-pyrrole nitrogens is 1. The predicted octanol–water partition coefficient (Wildman–Crippen LogP) is 2.67. The number of hydrogen-bond donors (Lipinski definition) is 4. The van der Waals surface area contributed by atoms with Crippen LogP contribution in [-0.4, -0.2) is 55.4 Å². The standard InChI is InChI=1S/C23H27FN8O2/c1-13(12-33)17-10-20(31-30-17)28-21-15-4-2-5-16(15)27-23(29-21)32-9-3-6-18(32)22(34)26-14-7-8-19(24)25-11-14/h7-8,10-11,13,18,33H,2-6,9,12H2,1H3,(H,26,34)(H2,27,28,29,30,31)/t13-,18-/m0/s1. The molecule has 2 aliphatic rings. The Morgan fingerprint density at radius 3 is 3.00 bits per heavy atom. The molecule has 2 atom stereocenters. The molecule has 0 radical (unpaired) electrons.